The Balaban J connectivity index is 1.87. The van der Waals surface area contributed by atoms with Gasteiger partial charge in [-0.25, -0.2) is 0 Å². The van der Waals surface area contributed by atoms with Crippen molar-refractivity contribution in [1.82, 2.24) is 0 Å². The third-order valence-corrected chi connectivity index (χ3v) is 4.47. The molecule has 4 saturated carbocycles. The fourth-order valence-electron chi connectivity index (χ4n) is 4.48. The molecule has 0 aromatic heterocycles. The van der Waals surface area contributed by atoms with Gasteiger partial charge in [0.1, 0.15) is 0 Å². The topological polar surface area (TPSA) is 0 Å². The lowest BCUT2D eigenvalue weighted by atomic mass is 9.49. The van der Waals surface area contributed by atoms with Crippen LogP contribution < -0.4 is 0 Å². The summed E-state index contributed by atoms with van der Waals surface area (Å²) in [5, 5.41) is 0. The van der Waals surface area contributed by atoms with Crippen LogP contribution in [0, 0.1) is 29.6 Å². The SMILES string of the molecule is C=CCC12[CH]C3CC(CC(C3)C1)C2. The Kier molecular flexibility index (Phi) is 1.63. The maximum absolute atomic E-state index is 3.92. The second-order valence-electron chi connectivity index (χ2n) is 5.63. The molecule has 4 aliphatic rings. The first-order valence-electron chi connectivity index (χ1n) is 5.77. The summed E-state index contributed by atoms with van der Waals surface area (Å²) in [6.45, 7) is 3.92. The zero-order chi connectivity index (χ0) is 8.89. The molecule has 4 aliphatic carbocycles. The molecule has 0 aromatic carbocycles. The van der Waals surface area contributed by atoms with Gasteiger partial charge >= 0.3 is 0 Å². The monoisotopic (exact) mass is 175 g/mol. The van der Waals surface area contributed by atoms with E-state index in [2.05, 4.69) is 19.1 Å². The number of hydrogen-bond donors (Lipinski definition) is 0. The van der Waals surface area contributed by atoms with Crippen molar-refractivity contribution in [3.63, 3.8) is 0 Å². The smallest absolute Gasteiger partial charge is 0.0224 e. The minimum atomic E-state index is 0.608. The molecule has 0 nitrogen and oxygen atoms in total. The normalized spacial score (nSPS) is 52.5. The van der Waals surface area contributed by atoms with Crippen LogP contribution in [0.4, 0.5) is 0 Å². The summed E-state index contributed by atoms with van der Waals surface area (Å²) >= 11 is 0. The van der Waals surface area contributed by atoms with Gasteiger partial charge < -0.3 is 0 Å². The lowest BCUT2D eigenvalue weighted by Gasteiger charge is -2.56. The molecule has 0 aromatic rings. The second kappa shape index (κ2) is 2.62. The third kappa shape index (κ3) is 1.18. The van der Waals surface area contributed by atoms with Gasteiger partial charge in [0.2, 0.25) is 0 Å². The van der Waals surface area contributed by atoms with Crippen LogP contribution in [0.15, 0.2) is 12.7 Å². The van der Waals surface area contributed by atoms with Gasteiger partial charge in [0.15, 0.2) is 0 Å². The molecule has 0 heteroatoms. The van der Waals surface area contributed by atoms with Crippen LogP contribution in [0.5, 0.6) is 0 Å². The van der Waals surface area contributed by atoms with E-state index in [0.717, 1.165) is 17.8 Å². The molecule has 2 unspecified atom stereocenters. The Hall–Kier alpha value is -0.260. The van der Waals surface area contributed by atoms with Crippen molar-refractivity contribution in [2.75, 3.05) is 0 Å². The lowest BCUT2D eigenvalue weighted by Crippen LogP contribution is -2.46. The Morgan fingerprint density at radius 1 is 1.23 bits per heavy atom. The van der Waals surface area contributed by atoms with Gasteiger partial charge in [-0.1, -0.05) is 6.08 Å². The molecule has 0 amide bonds. The van der Waals surface area contributed by atoms with E-state index in [-0.39, 0.29) is 0 Å². The predicted molar refractivity (Wildman–Crippen MR) is 55.1 cm³/mol. The molecule has 4 bridgehead atoms. The van der Waals surface area contributed by atoms with Crippen molar-refractivity contribution in [1.29, 1.82) is 0 Å². The van der Waals surface area contributed by atoms with Crippen LogP contribution in [0.2, 0.25) is 0 Å². The highest BCUT2D eigenvalue weighted by Gasteiger charge is 2.50. The van der Waals surface area contributed by atoms with Crippen LogP contribution in [0.1, 0.15) is 38.5 Å². The summed E-state index contributed by atoms with van der Waals surface area (Å²) in [5.74, 6) is 3.12. The summed E-state index contributed by atoms with van der Waals surface area (Å²) in [6, 6.07) is 0. The van der Waals surface area contributed by atoms with E-state index < -0.39 is 0 Å². The molecule has 4 rings (SSSR count). The first-order chi connectivity index (χ1) is 6.30. The summed E-state index contributed by atoms with van der Waals surface area (Å²) in [6.07, 6.45) is 13.6. The fourth-order valence-corrected chi connectivity index (χ4v) is 4.48. The van der Waals surface area contributed by atoms with Crippen molar-refractivity contribution in [2.45, 2.75) is 38.5 Å². The molecule has 0 heterocycles. The molecule has 0 N–H and O–H groups in total. The highest BCUT2D eigenvalue weighted by Crippen LogP contribution is 2.60. The number of hydrogen-bond acceptors (Lipinski definition) is 0. The highest BCUT2D eigenvalue weighted by molar-refractivity contribution is 5.12. The average Bonchev–Trinajstić information content (AvgIpc) is 2.00. The van der Waals surface area contributed by atoms with E-state index >= 15 is 0 Å². The van der Waals surface area contributed by atoms with E-state index in [1.807, 2.05) is 0 Å². The molecule has 2 atom stereocenters. The molecule has 71 valence electrons. The van der Waals surface area contributed by atoms with Gasteiger partial charge in [-0.05, 0) is 68.1 Å². The highest BCUT2D eigenvalue weighted by atomic mass is 14.5. The first kappa shape index (κ1) is 8.08. The number of allylic oxidation sites excluding steroid dienone is 1. The standard InChI is InChI=1S/C13H19/c1-2-3-13-7-10-4-11(8-13)6-12(5-10)9-13/h2,7,10-12H,1,3-6,8-9H2. The van der Waals surface area contributed by atoms with Crippen LogP contribution in [0.25, 0.3) is 0 Å². The van der Waals surface area contributed by atoms with E-state index in [0.29, 0.717) is 5.41 Å². The maximum Gasteiger partial charge on any atom is -0.0224 e. The summed E-state index contributed by atoms with van der Waals surface area (Å²) in [4.78, 5) is 0. The number of rotatable bonds is 2. The molecule has 0 saturated heterocycles. The van der Waals surface area contributed by atoms with Crippen LogP contribution in [-0.4, -0.2) is 0 Å². The minimum absolute atomic E-state index is 0.608. The van der Waals surface area contributed by atoms with Gasteiger partial charge in [-0.3, -0.25) is 0 Å². The summed E-state index contributed by atoms with van der Waals surface area (Å²) in [7, 11) is 0. The Bertz CT molecular complexity index is 191. The van der Waals surface area contributed by atoms with E-state index in [9.17, 15) is 0 Å². The van der Waals surface area contributed by atoms with E-state index in [1.165, 1.54) is 32.1 Å². The van der Waals surface area contributed by atoms with Gasteiger partial charge in [0.25, 0.3) is 0 Å². The van der Waals surface area contributed by atoms with Gasteiger partial charge in [0, 0.05) is 0 Å². The molecular formula is C13H19. The molecular weight excluding hydrogens is 156 g/mol. The second-order valence-corrected chi connectivity index (χ2v) is 5.63. The Labute approximate surface area is 81.4 Å². The molecule has 1 radical (unpaired) electrons. The van der Waals surface area contributed by atoms with Crippen LogP contribution in [-0.2, 0) is 0 Å². The van der Waals surface area contributed by atoms with E-state index in [4.69, 9.17) is 0 Å². The Morgan fingerprint density at radius 3 is 2.46 bits per heavy atom. The van der Waals surface area contributed by atoms with Crippen molar-refractivity contribution < 1.29 is 0 Å². The van der Waals surface area contributed by atoms with Crippen molar-refractivity contribution in [3.8, 4) is 0 Å². The largest absolute Gasteiger partial charge is 0.103 e. The van der Waals surface area contributed by atoms with Gasteiger partial charge in [-0.15, -0.1) is 6.58 Å². The molecule has 0 spiro atoms. The van der Waals surface area contributed by atoms with Crippen molar-refractivity contribution in [2.24, 2.45) is 23.2 Å². The van der Waals surface area contributed by atoms with Crippen molar-refractivity contribution >= 4 is 0 Å². The molecule has 4 fully saturated rings. The fraction of sp³-hybridized carbons (Fsp3) is 0.769. The minimum Gasteiger partial charge on any atom is -0.103 e. The third-order valence-electron chi connectivity index (χ3n) is 4.47. The predicted octanol–water partition coefficient (Wildman–Crippen LogP) is 3.59. The van der Waals surface area contributed by atoms with E-state index in [1.54, 1.807) is 6.42 Å². The zero-order valence-corrected chi connectivity index (χ0v) is 8.34. The lowest BCUT2D eigenvalue weighted by molar-refractivity contribution is -0.00115. The van der Waals surface area contributed by atoms with Crippen molar-refractivity contribution in [3.05, 3.63) is 19.1 Å². The quantitative estimate of drug-likeness (QED) is 0.563. The summed E-state index contributed by atoms with van der Waals surface area (Å²) < 4.78 is 0. The summed E-state index contributed by atoms with van der Waals surface area (Å²) in [5.41, 5.74) is 0.608. The molecule has 13 heavy (non-hydrogen) atoms. The van der Waals surface area contributed by atoms with Gasteiger partial charge in [-0.2, -0.15) is 0 Å². The van der Waals surface area contributed by atoms with Crippen LogP contribution in [0.3, 0.4) is 0 Å². The maximum atomic E-state index is 3.92. The Morgan fingerprint density at radius 2 is 1.92 bits per heavy atom. The first-order valence-corrected chi connectivity index (χ1v) is 5.77. The zero-order valence-electron chi connectivity index (χ0n) is 8.34. The van der Waals surface area contributed by atoms with Crippen LogP contribution >= 0.6 is 0 Å². The van der Waals surface area contributed by atoms with Gasteiger partial charge in [0.05, 0.1) is 0 Å². The molecule has 0 aliphatic heterocycles. The average molecular weight is 175 g/mol.